The number of likely N-dealkylation sites (tertiary alicyclic amines) is 1. The van der Waals surface area contributed by atoms with Crippen molar-refractivity contribution in [2.24, 2.45) is 0 Å². The molecule has 0 spiro atoms. The molecule has 2 aromatic rings. The van der Waals surface area contributed by atoms with E-state index in [2.05, 4.69) is 0 Å². The van der Waals surface area contributed by atoms with Gasteiger partial charge in [-0.2, -0.15) is 0 Å². The second-order valence-electron chi connectivity index (χ2n) is 8.00. The smallest absolute Gasteiger partial charge is 0.295 e. The molecule has 1 aliphatic rings. The Kier molecular flexibility index (Phi) is 6.50. The first kappa shape index (κ1) is 22.2. The Morgan fingerprint density at radius 3 is 2.23 bits per heavy atom. The van der Waals surface area contributed by atoms with Gasteiger partial charge in [-0.05, 0) is 30.2 Å². The largest absolute Gasteiger partial charge is 0.872 e. The molecule has 31 heavy (non-hydrogen) atoms. The number of Topliss-reactive ketones (excluding diaryl/α,β-unsaturated/α-hetero) is 1. The van der Waals surface area contributed by atoms with E-state index in [1.54, 1.807) is 24.3 Å². The van der Waals surface area contributed by atoms with Crippen LogP contribution in [0.2, 0.25) is 0 Å². The highest BCUT2D eigenvalue weighted by atomic mass is 16.6. The SMILES string of the molecule is Cc1ccc(/C([O-])=C2\C(=O)C(=O)N(CCC[NH+](C)C)C2c2ccc([N+](=O)[O-])cc2)cc1. The van der Waals surface area contributed by atoms with Crippen molar-refractivity contribution in [2.45, 2.75) is 19.4 Å². The highest BCUT2D eigenvalue weighted by Crippen LogP contribution is 2.39. The zero-order valence-electron chi connectivity index (χ0n) is 17.8. The Labute approximate surface area is 180 Å². The number of aryl methyl sites for hydroxylation is 1. The maximum Gasteiger partial charge on any atom is 0.295 e. The number of quaternary nitrogens is 1. The molecule has 1 saturated heterocycles. The van der Waals surface area contributed by atoms with Crippen LogP contribution in [-0.2, 0) is 9.59 Å². The number of rotatable bonds is 7. The van der Waals surface area contributed by atoms with E-state index in [0.29, 0.717) is 24.1 Å². The molecule has 0 saturated carbocycles. The van der Waals surface area contributed by atoms with Gasteiger partial charge in [0.2, 0.25) is 5.78 Å². The number of nitrogens with zero attached hydrogens (tertiary/aromatic N) is 2. The maximum atomic E-state index is 13.3. The van der Waals surface area contributed by atoms with E-state index in [1.165, 1.54) is 34.1 Å². The Hall–Kier alpha value is -3.52. The van der Waals surface area contributed by atoms with E-state index < -0.39 is 28.4 Å². The predicted octanol–water partition coefficient (Wildman–Crippen LogP) is 0.662. The fourth-order valence-corrected chi connectivity index (χ4v) is 3.69. The van der Waals surface area contributed by atoms with Gasteiger partial charge in [0.25, 0.3) is 11.6 Å². The first-order valence-corrected chi connectivity index (χ1v) is 10.1. The van der Waals surface area contributed by atoms with E-state index in [0.717, 1.165) is 12.1 Å². The minimum Gasteiger partial charge on any atom is -0.872 e. The van der Waals surface area contributed by atoms with Gasteiger partial charge in [0.15, 0.2) is 0 Å². The molecule has 3 rings (SSSR count). The Balaban J connectivity index is 2.09. The summed E-state index contributed by atoms with van der Waals surface area (Å²) in [5, 5.41) is 24.3. The summed E-state index contributed by atoms with van der Waals surface area (Å²) >= 11 is 0. The first-order valence-electron chi connectivity index (χ1n) is 10.1. The average molecular weight is 423 g/mol. The zero-order chi connectivity index (χ0) is 22.7. The summed E-state index contributed by atoms with van der Waals surface area (Å²) in [6.45, 7) is 2.98. The molecule has 0 radical (unpaired) electrons. The number of benzene rings is 2. The van der Waals surface area contributed by atoms with Crippen molar-refractivity contribution in [2.75, 3.05) is 27.2 Å². The van der Waals surface area contributed by atoms with E-state index in [1.807, 2.05) is 21.0 Å². The van der Waals surface area contributed by atoms with Crippen molar-refractivity contribution in [3.8, 4) is 0 Å². The second-order valence-corrected chi connectivity index (χ2v) is 8.00. The van der Waals surface area contributed by atoms with Gasteiger partial charge in [-0.3, -0.25) is 19.7 Å². The Bertz CT molecular complexity index is 1030. The lowest BCUT2D eigenvalue weighted by Gasteiger charge is -2.27. The third-order valence-corrected chi connectivity index (χ3v) is 5.34. The molecule has 1 fully saturated rings. The number of hydrogen-bond acceptors (Lipinski definition) is 5. The van der Waals surface area contributed by atoms with Crippen LogP contribution in [0.3, 0.4) is 0 Å². The molecule has 162 valence electrons. The molecule has 1 aliphatic heterocycles. The van der Waals surface area contributed by atoms with Gasteiger partial charge >= 0.3 is 0 Å². The van der Waals surface area contributed by atoms with Gasteiger partial charge in [-0.1, -0.05) is 35.6 Å². The summed E-state index contributed by atoms with van der Waals surface area (Å²) in [6.07, 6.45) is 0.650. The number of ketones is 1. The van der Waals surface area contributed by atoms with E-state index in [-0.39, 0.29) is 11.3 Å². The average Bonchev–Trinajstić information content (AvgIpc) is 2.98. The second kappa shape index (κ2) is 9.09. The summed E-state index contributed by atoms with van der Waals surface area (Å²) in [4.78, 5) is 38.8. The minimum atomic E-state index is -0.869. The van der Waals surface area contributed by atoms with Crippen LogP contribution in [-0.4, -0.2) is 48.7 Å². The minimum absolute atomic E-state index is 0.103. The summed E-state index contributed by atoms with van der Waals surface area (Å²) in [5.74, 6) is -2.03. The highest BCUT2D eigenvalue weighted by molar-refractivity contribution is 6.46. The van der Waals surface area contributed by atoms with Gasteiger partial charge in [0.05, 0.1) is 31.6 Å². The van der Waals surface area contributed by atoms with Crippen molar-refractivity contribution < 1.29 is 24.5 Å². The van der Waals surface area contributed by atoms with Crippen molar-refractivity contribution in [3.05, 3.63) is 80.9 Å². The van der Waals surface area contributed by atoms with Gasteiger partial charge in [0.1, 0.15) is 0 Å². The zero-order valence-corrected chi connectivity index (χ0v) is 17.8. The predicted molar refractivity (Wildman–Crippen MR) is 113 cm³/mol. The van der Waals surface area contributed by atoms with Crippen molar-refractivity contribution in [3.63, 3.8) is 0 Å². The van der Waals surface area contributed by atoms with Gasteiger partial charge in [0, 0.05) is 30.7 Å². The maximum absolute atomic E-state index is 13.3. The van der Waals surface area contributed by atoms with Crippen LogP contribution in [0, 0.1) is 17.0 Å². The third kappa shape index (κ3) is 4.64. The fourth-order valence-electron chi connectivity index (χ4n) is 3.69. The Morgan fingerprint density at radius 2 is 1.68 bits per heavy atom. The van der Waals surface area contributed by atoms with Crippen LogP contribution in [0.15, 0.2) is 54.1 Å². The number of carbonyl (C=O) groups excluding carboxylic acids is 2. The molecule has 2 aromatic carbocycles. The standard InChI is InChI=1S/C23H25N3O5/c1-15-5-7-17(8-6-15)21(27)19-20(16-9-11-18(12-10-16)26(30)31)25(23(29)22(19)28)14-4-13-24(2)3/h5-12,20,27H,4,13-14H2,1-3H3/b21-19+. The van der Waals surface area contributed by atoms with Gasteiger partial charge in [-0.15, -0.1) is 0 Å². The van der Waals surface area contributed by atoms with Crippen LogP contribution in [0.25, 0.3) is 5.76 Å². The summed E-state index contributed by atoms with van der Waals surface area (Å²) < 4.78 is 0. The molecule has 1 heterocycles. The van der Waals surface area contributed by atoms with Crippen LogP contribution in [0.4, 0.5) is 5.69 Å². The van der Waals surface area contributed by atoms with Crippen LogP contribution < -0.4 is 10.0 Å². The van der Waals surface area contributed by atoms with Crippen LogP contribution in [0.5, 0.6) is 0 Å². The molecule has 1 atom stereocenters. The molecule has 8 heteroatoms. The van der Waals surface area contributed by atoms with Gasteiger partial charge in [-0.25, -0.2) is 0 Å². The van der Waals surface area contributed by atoms with Crippen molar-refractivity contribution in [1.29, 1.82) is 0 Å². The summed E-state index contributed by atoms with van der Waals surface area (Å²) in [6, 6.07) is 11.6. The topological polar surface area (TPSA) is 108 Å². The van der Waals surface area contributed by atoms with Gasteiger partial charge < -0.3 is 14.9 Å². The lowest BCUT2D eigenvalue weighted by molar-refractivity contribution is -0.858. The van der Waals surface area contributed by atoms with Crippen LogP contribution >= 0.6 is 0 Å². The number of hydrogen-bond donors (Lipinski definition) is 1. The number of amides is 1. The van der Waals surface area contributed by atoms with E-state index >= 15 is 0 Å². The van der Waals surface area contributed by atoms with Crippen molar-refractivity contribution in [1.82, 2.24) is 4.90 Å². The quantitative estimate of drug-likeness (QED) is 0.231. The third-order valence-electron chi connectivity index (χ3n) is 5.34. The molecular formula is C23H25N3O5. The van der Waals surface area contributed by atoms with E-state index in [9.17, 15) is 24.8 Å². The molecule has 1 N–H and O–H groups in total. The van der Waals surface area contributed by atoms with Crippen molar-refractivity contribution >= 4 is 23.1 Å². The first-order chi connectivity index (χ1) is 14.7. The lowest BCUT2D eigenvalue weighted by Crippen LogP contribution is -3.05. The molecule has 0 aromatic heterocycles. The number of carbonyl (C=O) groups is 2. The normalized spacial score (nSPS) is 18.1. The number of non-ortho nitro benzene ring substituents is 1. The summed E-state index contributed by atoms with van der Waals surface area (Å²) in [5.41, 5.74) is 1.58. The molecule has 1 amide bonds. The molecule has 1 unspecified atom stereocenters. The number of nitro groups is 1. The fraction of sp³-hybridized carbons (Fsp3) is 0.304. The molecule has 8 nitrogen and oxygen atoms in total. The number of nitro benzene ring substituents is 1. The highest BCUT2D eigenvalue weighted by Gasteiger charge is 2.44. The van der Waals surface area contributed by atoms with E-state index in [4.69, 9.17) is 0 Å². The number of nitrogens with one attached hydrogen (secondary N) is 1. The molecule has 0 aliphatic carbocycles. The summed E-state index contributed by atoms with van der Waals surface area (Å²) in [7, 11) is 3.98. The Morgan fingerprint density at radius 1 is 1.06 bits per heavy atom. The molecular weight excluding hydrogens is 398 g/mol. The monoisotopic (exact) mass is 423 g/mol. The van der Waals surface area contributed by atoms with Crippen LogP contribution in [0.1, 0.15) is 29.2 Å². The lowest BCUT2D eigenvalue weighted by atomic mass is 9.95. The molecule has 0 bridgehead atoms.